The Morgan fingerprint density at radius 3 is 2.30 bits per heavy atom. The summed E-state index contributed by atoms with van der Waals surface area (Å²) in [5.41, 5.74) is -0.471. The Morgan fingerprint density at radius 2 is 1.70 bits per heavy atom. The van der Waals surface area contributed by atoms with Crippen LogP contribution in [0.2, 0.25) is 0 Å². The molecule has 2 N–H and O–H groups in total. The summed E-state index contributed by atoms with van der Waals surface area (Å²) in [6, 6.07) is 0. The van der Waals surface area contributed by atoms with E-state index in [1.54, 1.807) is 0 Å². The molecule has 1 aliphatic heterocycles. The molecule has 0 spiro atoms. The fourth-order valence-electron chi connectivity index (χ4n) is 6.59. The van der Waals surface area contributed by atoms with Crippen molar-refractivity contribution < 1.29 is 14.9 Å². The first-order valence-electron chi connectivity index (χ1n) is 9.33. The molecule has 3 heteroatoms. The van der Waals surface area contributed by atoms with Crippen molar-refractivity contribution >= 4 is 0 Å². The molecule has 2 aliphatic carbocycles. The van der Waals surface area contributed by atoms with Crippen LogP contribution in [0.4, 0.5) is 0 Å². The molecule has 3 fully saturated rings. The summed E-state index contributed by atoms with van der Waals surface area (Å²) in [6.45, 7) is 11.2. The second-order valence-corrected chi connectivity index (χ2v) is 9.20. The molecular formula is C20H34O3. The maximum atomic E-state index is 10.0. The van der Waals surface area contributed by atoms with E-state index in [1.807, 2.05) is 6.08 Å². The molecule has 0 aromatic rings. The standard InChI is InChI=1S/C20H34O3/c1-5-20(14-22)12-8-16-18(3)10-6-9-17(2,13-21)15(18)7-11-19(16,4)23-20/h5,15-16,21-22H,1,6-14H2,2-4H3/t15-,16+,17-,18-,19+,20+/m0/s1. The molecule has 0 bridgehead atoms. The van der Waals surface area contributed by atoms with Gasteiger partial charge in [0, 0.05) is 6.61 Å². The molecule has 0 amide bonds. The minimum atomic E-state index is -0.566. The van der Waals surface area contributed by atoms with E-state index < -0.39 is 5.60 Å². The predicted octanol–water partition coefficient (Wildman–Crippen LogP) is 3.69. The number of rotatable bonds is 3. The molecule has 0 aromatic heterocycles. The van der Waals surface area contributed by atoms with E-state index in [0.29, 0.717) is 18.4 Å². The van der Waals surface area contributed by atoms with Gasteiger partial charge in [0.1, 0.15) is 5.60 Å². The van der Waals surface area contributed by atoms with Crippen LogP contribution in [0.25, 0.3) is 0 Å². The van der Waals surface area contributed by atoms with Gasteiger partial charge in [-0.25, -0.2) is 0 Å². The molecule has 6 atom stereocenters. The average molecular weight is 322 g/mol. The van der Waals surface area contributed by atoms with E-state index in [9.17, 15) is 10.2 Å². The van der Waals surface area contributed by atoms with Gasteiger partial charge in [-0.3, -0.25) is 0 Å². The van der Waals surface area contributed by atoms with Crippen molar-refractivity contribution in [3.8, 4) is 0 Å². The lowest BCUT2D eigenvalue weighted by atomic mass is 9.44. The van der Waals surface area contributed by atoms with Crippen LogP contribution >= 0.6 is 0 Å². The van der Waals surface area contributed by atoms with Gasteiger partial charge in [0.2, 0.25) is 0 Å². The van der Waals surface area contributed by atoms with Crippen molar-refractivity contribution in [2.24, 2.45) is 22.7 Å². The summed E-state index contributed by atoms with van der Waals surface area (Å²) < 4.78 is 6.55. The first kappa shape index (κ1) is 17.4. The fourth-order valence-corrected chi connectivity index (χ4v) is 6.59. The second-order valence-electron chi connectivity index (χ2n) is 9.20. The molecule has 2 saturated carbocycles. The molecule has 3 nitrogen and oxygen atoms in total. The summed E-state index contributed by atoms with van der Waals surface area (Å²) in [7, 11) is 0. The summed E-state index contributed by atoms with van der Waals surface area (Å²) in [4.78, 5) is 0. The zero-order chi connectivity index (χ0) is 16.9. The first-order chi connectivity index (χ1) is 10.8. The van der Waals surface area contributed by atoms with Gasteiger partial charge in [0.05, 0.1) is 12.2 Å². The van der Waals surface area contributed by atoms with Crippen LogP contribution in [0.5, 0.6) is 0 Å². The van der Waals surface area contributed by atoms with Gasteiger partial charge in [-0.05, 0) is 68.1 Å². The van der Waals surface area contributed by atoms with Crippen molar-refractivity contribution in [2.45, 2.75) is 76.9 Å². The minimum Gasteiger partial charge on any atom is -0.396 e. The van der Waals surface area contributed by atoms with Gasteiger partial charge < -0.3 is 14.9 Å². The van der Waals surface area contributed by atoms with Gasteiger partial charge in [-0.15, -0.1) is 6.58 Å². The van der Waals surface area contributed by atoms with Gasteiger partial charge in [0.15, 0.2) is 0 Å². The molecule has 3 rings (SSSR count). The Labute approximate surface area is 141 Å². The summed E-state index contributed by atoms with van der Waals surface area (Å²) in [5.74, 6) is 1.07. The third-order valence-corrected chi connectivity index (χ3v) is 7.86. The number of ether oxygens (including phenoxy) is 1. The van der Waals surface area contributed by atoms with Crippen LogP contribution in [0, 0.1) is 22.7 Å². The SMILES string of the molecule is C=C[C@]1(CO)CC[C@@H]2[C@@]3(C)CCC[C@@](C)(CO)[C@@H]3CC[C@@]2(C)O1. The van der Waals surface area contributed by atoms with Gasteiger partial charge in [0.25, 0.3) is 0 Å². The Bertz CT molecular complexity index is 478. The summed E-state index contributed by atoms with van der Waals surface area (Å²) in [6.07, 6.45) is 9.44. The van der Waals surface area contributed by atoms with E-state index in [4.69, 9.17) is 4.74 Å². The van der Waals surface area contributed by atoms with Crippen molar-refractivity contribution in [2.75, 3.05) is 13.2 Å². The topological polar surface area (TPSA) is 49.7 Å². The monoisotopic (exact) mass is 322 g/mol. The summed E-state index contributed by atoms with van der Waals surface area (Å²) in [5, 5.41) is 19.9. The molecule has 0 unspecified atom stereocenters. The number of fused-ring (bicyclic) bond motifs is 3. The van der Waals surface area contributed by atoms with E-state index in [2.05, 4.69) is 27.4 Å². The van der Waals surface area contributed by atoms with Crippen molar-refractivity contribution in [1.29, 1.82) is 0 Å². The largest absolute Gasteiger partial charge is 0.396 e. The van der Waals surface area contributed by atoms with E-state index >= 15 is 0 Å². The third-order valence-electron chi connectivity index (χ3n) is 7.86. The Balaban J connectivity index is 1.94. The highest BCUT2D eigenvalue weighted by Crippen LogP contribution is 2.65. The van der Waals surface area contributed by atoms with Gasteiger partial charge in [-0.1, -0.05) is 26.3 Å². The van der Waals surface area contributed by atoms with Crippen LogP contribution in [0.1, 0.15) is 65.7 Å². The van der Waals surface area contributed by atoms with Crippen molar-refractivity contribution in [3.05, 3.63) is 12.7 Å². The minimum absolute atomic E-state index is 0.0211. The predicted molar refractivity (Wildman–Crippen MR) is 92.1 cm³/mol. The third kappa shape index (κ3) is 2.42. The van der Waals surface area contributed by atoms with Crippen LogP contribution in [0.15, 0.2) is 12.7 Å². The highest BCUT2D eigenvalue weighted by molar-refractivity contribution is 5.13. The van der Waals surface area contributed by atoms with Crippen molar-refractivity contribution in [1.82, 2.24) is 0 Å². The van der Waals surface area contributed by atoms with Crippen LogP contribution < -0.4 is 0 Å². The smallest absolute Gasteiger partial charge is 0.110 e. The van der Waals surface area contributed by atoms with Gasteiger partial charge >= 0.3 is 0 Å². The Morgan fingerprint density at radius 1 is 1.00 bits per heavy atom. The average Bonchev–Trinajstić information content (AvgIpc) is 2.53. The van der Waals surface area contributed by atoms with Crippen LogP contribution in [-0.4, -0.2) is 34.6 Å². The highest BCUT2D eigenvalue weighted by atomic mass is 16.5. The summed E-state index contributed by atoms with van der Waals surface area (Å²) >= 11 is 0. The van der Waals surface area contributed by atoms with Crippen molar-refractivity contribution in [3.63, 3.8) is 0 Å². The van der Waals surface area contributed by atoms with E-state index in [1.165, 1.54) is 12.8 Å². The van der Waals surface area contributed by atoms with Gasteiger partial charge in [-0.2, -0.15) is 0 Å². The first-order valence-corrected chi connectivity index (χ1v) is 9.33. The Hall–Kier alpha value is -0.380. The molecule has 1 saturated heterocycles. The molecule has 3 aliphatic rings. The number of aliphatic hydroxyl groups is 2. The molecule has 132 valence electrons. The maximum Gasteiger partial charge on any atom is 0.110 e. The normalized spacial score (nSPS) is 53.3. The number of hydrogen-bond donors (Lipinski definition) is 2. The molecule has 0 radical (unpaired) electrons. The maximum absolute atomic E-state index is 10.0. The zero-order valence-corrected chi connectivity index (χ0v) is 15.1. The molecule has 1 heterocycles. The molecular weight excluding hydrogens is 288 g/mol. The van der Waals surface area contributed by atoms with Crippen LogP contribution in [0.3, 0.4) is 0 Å². The lowest BCUT2D eigenvalue weighted by Gasteiger charge is -2.65. The highest BCUT2D eigenvalue weighted by Gasteiger charge is 2.62. The van der Waals surface area contributed by atoms with Crippen LogP contribution in [-0.2, 0) is 4.74 Å². The lowest BCUT2D eigenvalue weighted by Crippen LogP contribution is -2.64. The Kier molecular flexibility index (Phi) is 4.23. The zero-order valence-electron chi connectivity index (χ0n) is 15.1. The number of hydrogen-bond acceptors (Lipinski definition) is 3. The quantitative estimate of drug-likeness (QED) is 0.779. The van der Waals surface area contributed by atoms with E-state index in [0.717, 1.165) is 32.1 Å². The number of aliphatic hydroxyl groups excluding tert-OH is 2. The molecule has 23 heavy (non-hydrogen) atoms. The lowest BCUT2D eigenvalue weighted by molar-refractivity contribution is -0.266. The second kappa shape index (κ2) is 5.57. The van der Waals surface area contributed by atoms with E-state index in [-0.39, 0.29) is 23.0 Å². The fraction of sp³-hybridized carbons (Fsp3) is 0.900. The molecule has 0 aromatic carbocycles.